The first-order valence-electron chi connectivity index (χ1n) is 7.33. The van der Waals surface area contributed by atoms with Crippen molar-refractivity contribution in [3.05, 3.63) is 35.9 Å². The fraction of sp³-hybridized carbons (Fsp3) is 0.562. The van der Waals surface area contributed by atoms with Crippen LogP contribution < -0.4 is 5.32 Å². The van der Waals surface area contributed by atoms with E-state index in [2.05, 4.69) is 66.4 Å². The van der Waals surface area contributed by atoms with Gasteiger partial charge < -0.3 is 10.2 Å². The Morgan fingerprint density at radius 2 is 2.10 bits per heavy atom. The lowest BCUT2D eigenvalue weighted by Gasteiger charge is -2.19. The lowest BCUT2D eigenvalue weighted by molar-refractivity contribution is 0.282. The normalized spacial score (nSPS) is 20.9. The van der Waals surface area contributed by atoms with Gasteiger partial charge in [-0.05, 0) is 32.9 Å². The Labute approximate surface area is 126 Å². The van der Waals surface area contributed by atoms with Crippen LogP contribution in [0.15, 0.2) is 35.3 Å². The highest BCUT2D eigenvalue weighted by atomic mass is 32.2. The van der Waals surface area contributed by atoms with Crippen LogP contribution in [0.3, 0.4) is 0 Å². The fourth-order valence-electron chi connectivity index (χ4n) is 2.10. The van der Waals surface area contributed by atoms with Crippen LogP contribution in [0.4, 0.5) is 0 Å². The van der Waals surface area contributed by atoms with E-state index >= 15 is 0 Å². The molecule has 1 fully saturated rings. The molecule has 1 aliphatic heterocycles. The van der Waals surface area contributed by atoms with Gasteiger partial charge in [0.2, 0.25) is 0 Å². The summed E-state index contributed by atoms with van der Waals surface area (Å²) in [5.74, 6) is 1.12. The molecule has 110 valence electrons. The van der Waals surface area contributed by atoms with Gasteiger partial charge >= 0.3 is 0 Å². The molecule has 0 saturated carbocycles. The van der Waals surface area contributed by atoms with E-state index in [-0.39, 0.29) is 0 Å². The van der Waals surface area contributed by atoms with Crippen molar-refractivity contribution >= 4 is 16.9 Å². The zero-order valence-electron chi connectivity index (χ0n) is 12.7. The molecule has 1 aromatic carbocycles. The van der Waals surface area contributed by atoms with Gasteiger partial charge in [-0.2, -0.15) is 0 Å². The lowest BCUT2D eigenvalue weighted by atomic mass is 10.1. The van der Waals surface area contributed by atoms with Gasteiger partial charge in [0.05, 0.1) is 6.54 Å². The number of rotatable bonds is 6. The van der Waals surface area contributed by atoms with Crippen molar-refractivity contribution in [2.24, 2.45) is 4.99 Å². The molecule has 1 heterocycles. The summed E-state index contributed by atoms with van der Waals surface area (Å²) in [6.07, 6.45) is 1.08. The number of thioether (sulfide) groups is 1. The minimum atomic E-state index is 0.518. The number of amidine groups is 1. The smallest absolute Gasteiger partial charge is 0.156 e. The molecule has 3 nitrogen and oxygen atoms in total. The highest BCUT2D eigenvalue weighted by Gasteiger charge is 2.20. The van der Waals surface area contributed by atoms with Gasteiger partial charge in [0.25, 0.3) is 0 Å². The Balaban J connectivity index is 1.75. The van der Waals surface area contributed by atoms with Crippen molar-refractivity contribution in [3.63, 3.8) is 0 Å². The molecule has 20 heavy (non-hydrogen) atoms. The number of benzene rings is 1. The summed E-state index contributed by atoms with van der Waals surface area (Å²) in [4.78, 5) is 6.99. The summed E-state index contributed by atoms with van der Waals surface area (Å²) >= 11 is 1.85. The second-order valence-electron chi connectivity index (χ2n) is 5.60. The summed E-state index contributed by atoms with van der Waals surface area (Å²) in [6.45, 7) is 6.33. The average molecular weight is 291 g/mol. The van der Waals surface area contributed by atoms with Crippen LogP contribution in [0, 0.1) is 0 Å². The molecule has 0 spiro atoms. The minimum Gasteiger partial charge on any atom is -0.361 e. The maximum atomic E-state index is 4.66. The van der Waals surface area contributed by atoms with Crippen molar-refractivity contribution in [2.75, 3.05) is 25.9 Å². The minimum absolute atomic E-state index is 0.518. The molecule has 2 rings (SSSR count). The van der Waals surface area contributed by atoms with E-state index in [0.29, 0.717) is 12.1 Å². The summed E-state index contributed by atoms with van der Waals surface area (Å²) in [5, 5.41) is 4.65. The fourth-order valence-corrected chi connectivity index (χ4v) is 3.10. The summed E-state index contributed by atoms with van der Waals surface area (Å²) < 4.78 is 0. The van der Waals surface area contributed by atoms with Crippen molar-refractivity contribution < 1.29 is 0 Å². The highest BCUT2D eigenvalue weighted by molar-refractivity contribution is 8.14. The molecule has 1 aliphatic rings. The SMILES string of the molecule is CC(C)N(C)CCN=C1NC(Cc2ccccc2)CS1. The Kier molecular flexibility index (Phi) is 5.92. The third-order valence-electron chi connectivity index (χ3n) is 3.66. The van der Waals surface area contributed by atoms with E-state index in [9.17, 15) is 0 Å². The second kappa shape index (κ2) is 7.70. The first kappa shape index (κ1) is 15.4. The van der Waals surface area contributed by atoms with E-state index < -0.39 is 0 Å². The van der Waals surface area contributed by atoms with Crippen LogP contribution in [0.1, 0.15) is 19.4 Å². The molecule has 4 heteroatoms. The molecular weight excluding hydrogens is 266 g/mol. The molecular formula is C16H25N3S. The Hall–Kier alpha value is -1.00. The summed E-state index contributed by atoms with van der Waals surface area (Å²) in [6, 6.07) is 11.8. The van der Waals surface area contributed by atoms with Gasteiger partial charge in [-0.1, -0.05) is 42.1 Å². The number of likely N-dealkylation sites (N-methyl/N-ethyl adjacent to an activating group) is 1. The van der Waals surface area contributed by atoms with Gasteiger partial charge in [0.15, 0.2) is 5.17 Å². The van der Waals surface area contributed by atoms with Crippen molar-refractivity contribution in [3.8, 4) is 0 Å². The zero-order chi connectivity index (χ0) is 14.4. The molecule has 0 amide bonds. The van der Waals surface area contributed by atoms with E-state index in [1.54, 1.807) is 0 Å². The number of hydrogen-bond donors (Lipinski definition) is 1. The maximum Gasteiger partial charge on any atom is 0.156 e. The molecule has 1 saturated heterocycles. The Bertz CT molecular complexity index is 431. The van der Waals surface area contributed by atoms with Crippen LogP contribution in [-0.4, -0.2) is 48.0 Å². The highest BCUT2D eigenvalue weighted by Crippen LogP contribution is 2.17. The van der Waals surface area contributed by atoms with Gasteiger partial charge in [0, 0.05) is 24.4 Å². The van der Waals surface area contributed by atoms with Crippen molar-refractivity contribution in [1.29, 1.82) is 0 Å². The summed E-state index contributed by atoms with van der Waals surface area (Å²) in [5.41, 5.74) is 1.39. The molecule has 0 aromatic heterocycles. The van der Waals surface area contributed by atoms with E-state index in [4.69, 9.17) is 0 Å². The largest absolute Gasteiger partial charge is 0.361 e. The van der Waals surface area contributed by atoms with Gasteiger partial charge in [-0.15, -0.1) is 0 Å². The molecule has 1 unspecified atom stereocenters. The Morgan fingerprint density at radius 3 is 2.80 bits per heavy atom. The quantitative estimate of drug-likeness (QED) is 0.873. The average Bonchev–Trinajstić information content (AvgIpc) is 2.87. The van der Waals surface area contributed by atoms with E-state index in [1.807, 2.05) is 11.8 Å². The standard InChI is InChI=1S/C16H25N3S/c1-13(2)19(3)10-9-17-16-18-15(12-20-16)11-14-7-5-4-6-8-14/h4-8,13,15H,9-12H2,1-3H3,(H,17,18). The third-order valence-corrected chi connectivity index (χ3v) is 4.75. The summed E-state index contributed by atoms with van der Waals surface area (Å²) in [7, 11) is 2.15. The monoisotopic (exact) mass is 291 g/mol. The van der Waals surface area contributed by atoms with Crippen LogP contribution in [-0.2, 0) is 6.42 Å². The topological polar surface area (TPSA) is 27.6 Å². The zero-order valence-corrected chi connectivity index (χ0v) is 13.5. The molecule has 1 N–H and O–H groups in total. The van der Waals surface area contributed by atoms with Crippen LogP contribution >= 0.6 is 11.8 Å². The van der Waals surface area contributed by atoms with E-state index in [1.165, 1.54) is 5.56 Å². The predicted molar refractivity (Wildman–Crippen MR) is 89.6 cm³/mol. The Morgan fingerprint density at radius 1 is 1.35 bits per heavy atom. The number of nitrogens with zero attached hydrogens (tertiary/aromatic N) is 2. The number of hydrogen-bond acceptors (Lipinski definition) is 3. The first-order valence-corrected chi connectivity index (χ1v) is 8.31. The van der Waals surface area contributed by atoms with Crippen molar-refractivity contribution in [2.45, 2.75) is 32.4 Å². The molecule has 0 radical (unpaired) electrons. The van der Waals surface area contributed by atoms with Crippen LogP contribution in [0.25, 0.3) is 0 Å². The number of aliphatic imine (C=N–C) groups is 1. The third kappa shape index (κ3) is 4.84. The predicted octanol–water partition coefficient (Wildman–Crippen LogP) is 2.63. The maximum absolute atomic E-state index is 4.66. The molecule has 0 aliphatic carbocycles. The van der Waals surface area contributed by atoms with Gasteiger partial charge in [-0.3, -0.25) is 4.99 Å². The first-order chi connectivity index (χ1) is 9.65. The number of nitrogens with one attached hydrogen (secondary N) is 1. The molecule has 0 bridgehead atoms. The van der Waals surface area contributed by atoms with Crippen molar-refractivity contribution in [1.82, 2.24) is 10.2 Å². The molecule has 1 atom stereocenters. The lowest BCUT2D eigenvalue weighted by Crippen LogP contribution is -2.31. The van der Waals surface area contributed by atoms with Gasteiger partial charge in [0.1, 0.15) is 0 Å². The van der Waals surface area contributed by atoms with E-state index in [0.717, 1.165) is 30.4 Å². The molecule has 1 aromatic rings. The van der Waals surface area contributed by atoms with Crippen LogP contribution in [0.5, 0.6) is 0 Å². The second-order valence-corrected chi connectivity index (χ2v) is 6.61. The van der Waals surface area contributed by atoms with Gasteiger partial charge in [-0.25, -0.2) is 0 Å². The van der Waals surface area contributed by atoms with Crippen LogP contribution in [0.2, 0.25) is 0 Å².